The Balaban J connectivity index is 1.51. The lowest BCUT2D eigenvalue weighted by Gasteiger charge is -2.36. The average molecular weight is 328 g/mol. The van der Waals surface area contributed by atoms with Gasteiger partial charge in [0.05, 0.1) is 11.6 Å². The zero-order chi connectivity index (χ0) is 17.2. The van der Waals surface area contributed by atoms with Crippen molar-refractivity contribution >= 4 is 17.8 Å². The predicted molar refractivity (Wildman–Crippen MR) is 81.9 cm³/mol. The molecule has 1 spiro atoms. The van der Waals surface area contributed by atoms with Gasteiger partial charge < -0.3 is 15.0 Å². The number of hydrogen-bond donors (Lipinski definition) is 2. The van der Waals surface area contributed by atoms with Gasteiger partial charge in [0.15, 0.2) is 6.61 Å². The predicted octanol–water partition coefficient (Wildman–Crippen LogP) is 0.138. The third-order valence-electron chi connectivity index (χ3n) is 4.33. The van der Waals surface area contributed by atoms with Crippen LogP contribution in [0.1, 0.15) is 18.4 Å². The van der Waals surface area contributed by atoms with Crippen molar-refractivity contribution in [3.05, 3.63) is 29.8 Å². The molecule has 4 amide bonds. The lowest BCUT2D eigenvalue weighted by atomic mass is 9.88. The minimum Gasteiger partial charge on any atom is -0.484 e. The Hall–Kier alpha value is -3.08. The van der Waals surface area contributed by atoms with E-state index in [1.165, 1.54) is 0 Å². The Morgan fingerprint density at radius 2 is 1.92 bits per heavy atom. The summed E-state index contributed by atoms with van der Waals surface area (Å²) >= 11 is 0. The molecule has 0 radical (unpaired) electrons. The van der Waals surface area contributed by atoms with Crippen LogP contribution in [-0.4, -0.2) is 48.0 Å². The molecule has 2 heterocycles. The van der Waals surface area contributed by atoms with Crippen molar-refractivity contribution in [2.24, 2.45) is 0 Å². The molecular formula is C16H16N4O4. The van der Waals surface area contributed by atoms with E-state index in [4.69, 9.17) is 10.00 Å². The van der Waals surface area contributed by atoms with E-state index in [1.807, 2.05) is 6.07 Å². The number of ether oxygens (including phenoxy) is 1. The number of nitrogens with zero attached hydrogens (tertiary/aromatic N) is 2. The number of likely N-dealkylation sites (tertiary alicyclic amines) is 1. The van der Waals surface area contributed by atoms with Gasteiger partial charge in [0.25, 0.3) is 11.8 Å². The molecule has 2 fully saturated rings. The van der Waals surface area contributed by atoms with E-state index < -0.39 is 11.6 Å². The molecule has 0 bridgehead atoms. The van der Waals surface area contributed by atoms with Crippen LogP contribution in [0.4, 0.5) is 4.79 Å². The number of amides is 4. The first-order valence-corrected chi connectivity index (χ1v) is 7.57. The molecule has 0 aliphatic carbocycles. The van der Waals surface area contributed by atoms with Crippen molar-refractivity contribution in [3.8, 4) is 11.8 Å². The summed E-state index contributed by atoms with van der Waals surface area (Å²) in [6, 6.07) is 8.03. The highest BCUT2D eigenvalue weighted by atomic mass is 16.5. The van der Waals surface area contributed by atoms with Crippen LogP contribution in [0.5, 0.6) is 5.75 Å². The van der Waals surface area contributed by atoms with Gasteiger partial charge >= 0.3 is 6.03 Å². The number of benzene rings is 1. The molecule has 0 saturated carbocycles. The van der Waals surface area contributed by atoms with E-state index in [9.17, 15) is 14.4 Å². The number of rotatable bonds is 3. The lowest BCUT2D eigenvalue weighted by molar-refractivity contribution is -0.137. The van der Waals surface area contributed by atoms with Gasteiger partial charge in [0.2, 0.25) is 0 Å². The largest absolute Gasteiger partial charge is 0.484 e. The van der Waals surface area contributed by atoms with Crippen LogP contribution in [0.3, 0.4) is 0 Å². The second kappa shape index (κ2) is 6.20. The van der Waals surface area contributed by atoms with E-state index >= 15 is 0 Å². The minimum absolute atomic E-state index is 0.114. The first-order chi connectivity index (χ1) is 11.5. The minimum atomic E-state index is -0.887. The van der Waals surface area contributed by atoms with E-state index in [0.717, 1.165) is 0 Å². The maximum absolute atomic E-state index is 12.2. The zero-order valence-corrected chi connectivity index (χ0v) is 12.9. The normalized spacial score (nSPS) is 18.7. The molecule has 2 saturated heterocycles. The van der Waals surface area contributed by atoms with Crippen molar-refractivity contribution in [3.63, 3.8) is 0 Å². The summed E-state index contributed by atoms with van der Waals surface area (Å²) in [5.41, 5.74) is -0.367. The summed E-state index contributed by atoms with van der Waals surface area (Å²) < 4.78 is 5.43. The SMILES string of the molecule is N#Cc1ccc(OCC(=O)N2CCC3(CC2)NC(=O)NC3=O)cc1. The molecule has 2 aliphatic heterocycles. The monoisotopic (exact) mass is 328 g/mol. The summed E-state index contributed by atoms with van der Waals surface area (Å²) in [5, 5.41) is 13.6. The van der Waals surface area contributed by atoms with Gasteiger partial charge in [-0.2, -0.15) is 5.26 Å². The van der Waals surface area contributed by atoms with Crippen LogP contribution < -0.4 is 15.4 Å². The Bertz CT molecular complexity index is 715. The van der Waals surface area contributed by atoms with Crippen LogP contribution >= 0.6 is 0 Å². The van der Waals surface area contributed by atoms with Crippen LogP contribution in [0, 0.1) is 11.3 Å². The highest BCUT2D eigenvalue weighted by Crippen LogP contribution is 2.25. The molecule has 0 atom stereocenters. The third kappa shape index (κ3) is 3.01. The first-order valence-electron chi connectivity index (χ1n) is 7.57. The first kappa shape index (κ1) is 15.8. The highest BCUT2D eigenvalue weighted by molar-refractivity contribution is 6.07. The molecule has 0 aromatic heterocycles. The third-order valence-corrected chi connectivity index (χ3v) is 4.33. The van der Waals surface area contributed by atoms with Crippen LogP contribution in [0.25, 0.3) is 0 Å². The standard InChI is InChI=1S/C16H16N4O4/c17-9-11-1-3-12(4-2-11)24-10-13(21)20-7-5-16(6-8-20)14(22)18-15(23)19-16/h1-4H,5-8,10H2,(H2,18,19,22,23). The lowest BCUT2D eigenvalue weighted by Crippen LogP contribution is -2.56. The van der Waals surface area contributed by atoms with Crippen LogP contribution in [0.2, 0.25) is 0 Å². The second-order valence-corrected chi connectivity index (χ2v) is 5.80. The quantitative estimate of drug-likeness (QED) is 0.767. The summed E-state index contributed by atoms with van der Waals surface area (Å²) in [7, 11) is 0. The Kier molecular flexibility index (Phi) is 4.08. The number of piperidine rings is 1. The fourth-order valence-electron chi connectivity index (χ4n) is 2.88. The smallest absolute Gasteiger partial charge is 0.322 e. The number of hydrogen-bond acceptors (Lipinski definition) is 5. The molecule has 8 nitrogen and oxygen atoms in total. The van der Waals surface area contributed by atoms with Gasteiger partial charge in [-0.25, -0.2) is 4.79 Å². The van der Waals surface area contributed by atoms with E-state index in [0.29, 0.717) is 37.2 Å². The number of nitriles is 1. The topological polar surface area (TPSA) is 112 Å². The molecule has 8 heteroatoms. The number of urea groups is 1. The van der Waals surface area contributed by atoms with Crippen molar-refractivity contribution in [2.45, 2.75) is 18.4 Å². The molecular weight excluding hydrogens is 312 g/mol. The van der Waals surface area contributed by atoms with Gasteiger partial charge in [-0.1, -0.05) is 0 Å². The molecule has 124 valence electrons. The Morgan fingerprint density at radius 3 is 2.46 bits per heavy atom. The fourth-order valence-corrected chi connectivity index (χ4v) is 2.88. The molecule has 2 N–H and O–H groups in total. The van der Waals surface area contributed by atoms with Crippen molar-refractivity contribution in [1.82, 2.24) is 15.5 Å². The molecule has 3 rings (SSSR count). The number of nitrogens with one attached hydrogen (secondary N) is 2. The van der Waals surface area contributed by atoms with E-state index in [1.54, 1.807) is 29.2 Å². The van der Waals surface area contributed by atoms with Gasteiger partial charge in [-0.15, -0.1) is 0 Å². The Labute approximate surface area is 138 Å². The van der Waals surface area contributed by atoms with E-state index in [2.05, 4.69) is 10.6 Å². The maximum Gasteiger partial charge on any atom is 0.322 e. The van der Waals surface area contributed by atoms with Gasteiger partial charge in [0.1, 0.15) is 11.3 Å². The van der Waals surface area contributed by atoms with Crippen molar-refractivity contribution in [1.29, 1.82) is 5.26 Å². The number of carbonyl (C=O) groups excluding carboxylic acids is 3. The van der Waals surface area contributed by atoms with Crippen molar-refractivity contribution < 1.29 is 19.1 Å². The molecule has 0 unspecified atom stereocenters. The van der Waals surface area contributed by atoms with Gasteiger partial charge in [-0.3, -0.25) is 14.9 Å². The number of imide groups is 1. The highest BCUT2D eigenvalue weighted by Gasteiger charge is 2.48. The zero-order valence-electron chi connectivity index (χ0n) is 12.9. The fraction of sp³-hybridized carbons (Fsp3) is 0.375. The number of carbonyl (C=O) groups is 3. The summed E-state index contributed by atoms with van der Waals surface area (Å²) in [6.45, 7) is 0.643. The van der Waals surface area contributed by atoms with Crippen molar-refractivity contribution in [2.75, 3.05) is 19.7 Å². The molecule has 24 heavy (non-hydrogen) atoms. The maximum atomic E-state index is 12.2. The summed E-state index contributed by atoms with van der Waals surface area (Å²) in [4.78, 5) is 37.0. The van der Waals surface area contributed by atoms with Gasteiger partial charge in [0, 0.05) is 13.1 Å². The molecule has 1 aromatic carbocycles. The Morgan fingerprint density at radius 1 is 1.25 bits per heavy atom. The van der Waals surface area contributed by atoms with E-state index in [-0.39, 0.29) is 18.4 Å². The summed E-state index contributed by atoms with van der Waals surface area (Å²) in [6.07, 6.45) is 0.764. The van der Waals surface area contributed by atoms with Crippen LogP contribution in [-0.2, 0) is 9.59 Å². The summed E-state index contributed by atoms with van der Waals surface area (Å²) in [5.74, 6) is 0.00522. The van der Waals surface area contributed by atoms with Gasteiger partial charge in [-0.05, 0) is 37.1 Å². The molecule has 2 aliphatic rings. The van der Waals surface area contributed by atoms with Crippen LogP contribution in [0.15, 0.2) is 24.3 Å². The average Bonchev–Trinajstić information content (AvgIpc) is 2.87. The second-order valence-electron chi connectivity index (χ2n) is 5.80. The molecule has 1 aromatic rings.